The van der Waals surface area contributed by atoms with E-state index in [0.717, 1.165) is 16.7 Å². The second kappa shape index (κ2) is 4.94. The molecule has 1 aromatic heterocycles. The van der Waals surface area contributed by atoms with E-state index < -0.39 is 0 Å². The molecule has 0 radical (unpaired) electrons. The Bertz CT molecular complexity index is 765. The van der Waals surface area contributed by atoms with Crippen LogP contribution in [-0.2, 0) is 0 Å². The molecule has 100 valence electrons. The standard InChI is InChI=1S/C17H17N3/c1-11-8-15(17(19)20-10-11)16(18)14-7-6-12-4-2-3-5-13(12)9-14/h2-10,16H,18H2,1H3,(H2,19,20). The first-order valence-corrected chi connectivity index (χ1v) is 6.61. The van der Waals surface area contributed by atoms with Crippen molar-refractivity contribution in [1.29, 1.82) is 0 Å². The molecule has 4 N–H and O–H groups in total. The van der Waals surface area contributed by atoms with E-state index in [1.165, 1.54) is 10.8 Å². The average Bonchev–Trinajstić information content (AvgIpc) is 2.48. The van der Waals surface area contributed by atoms with Crippen LogP contribution in [0, 0.1) is 6.92 Å². The summed E-state index contributed by atoms with van der Waals surface area (Å²) in [5.74, 6) is 0.497. The third-order valence-electron chi connectivity index (χ3n) is 3.55. The van der Waals surface area contributed by atoms with Gasteiger partial charge < -0.3 is 11.5 Å². The minimum Gasteiger partial charge on any atom is -0.383 e. The molecule has 0 fully saturated rings. The fraction of sp³-hybridized carbons (Fsp3) is 0.118. The van der Waals surface area contributed by atoms with Crippen molar-refractivity contribution in [2.24, 2.45) is 5.73 Å². The van der Waals surface area contributed by atoms with Crippen LogP contribution in [0.2, 0.25) is 0 Å². The van der Waals surface area contributed by atoms with Gasteiger partial charge in [0.15, 0.2) is 0 Å². The van der Waals surface area contributed by atoms with Crippen molar-refractivity contribution in [2.45, 2.75) is 13.0 Å². The van der Waals surface area contributed by atoms with Gasteiger partial charge in [-0.05, 0) is 41.0 Å². The highest BCUT2D eigenvalue weighted by molar-refractivity contribution is 5.83. The monoisotopic (exact) mass is 263 g/mol. The molecule has 0 saturated heterocycles. The lowest BCUT2D eigenvalue weighted by Gasteiger charge is -2.15. The van der Waals surface area contributed by atoms with E-state index in [9.17, 15) is 0 Å². The Balaban J connectivity index is 2.07. The van der Waals surface area contributed by atoms with Gasteiger partial charge in [-0.3, -0.25) is 0 Å². The Hall–Kier alpha value is -2.39. The van der Waals surface area contributed by atoms with Crippen LogP contribution in [-0.4, -0.2) is 4.98 Å². The lowest BCUT2D eigenvalue weighted by Crippen LogP contribution is -2.15. The topological polar surface area (TPSA) is 64.9 Å². The van der Waals surface area contributed by atoms with Crippen molar-refractivity contribution in [3.8, 4) is 0 Å². The van der Waals surface area contributed by atoms with E-state index in [0.29, 0.717) is 5.82 Å². The normalized spacial score (nSPS) is 12.5. The van der Waals surface area contributed by atoms with Crippen LogP contribution in [0.15, 0.2) is 54.7 Å². The number of fused-ring (bicyclic) bond motifs is 1. The van der Waals surface area contributed by atoms with Gasteiger partial charge in [0.25, 0.3) is 0 Å². The van der Waals surface area contributed by atoms with Gasteiger partial charge in [0, 0.05) is 11.8 Å². The number of aryl methyl sites for hydroxylation is 1. The minimum atomic E-state index is -0.257. The Morgan fingerprint density at radius 2 is 1.75 bits per heavy atom. The summed E-state index contributed by atoms with van der Waals surface area (Å²) < 4.78 is 0. The summed E-state index contributed by atoms with van der Waals surface area (Å²) in [6.45, 7) is 1.99. The van der Waals surface area contributed by atoms with Gasteiger partial charge in [-0.15, -0.1) is 0 Å². The molecule has 0 aliphatic heterocycles. The zero-order valence-electron chi connectivity index (χ0n) is 11.4. The molecule has 0 saturated carbocycles. The summed E-state index contributed by atoms with van der Waals surface area (Å²) in [7, 11) is 0. The number of pyridine rings is 1. The highest BCUT2D eigenvalue weighted by atomic mass is 14.8. The zero-order chi connectivity index (χ0) is 14.1. The molecule has 20 heavy (non-hydrogen) atoms. The molecule has 2 aromatic carbocycles. The van der Waals surface area contributed by atoms with E-state index in [2.05, 4.69) is 35.3 Å². The predicted molar refractivity (Wildman–Crippen MR) is 83.4 cm³/mol. The van der Waals surface area contributed by atoms with Gasteiger partial charge in [0.05, 0.1) is 6.04 Å². The van der Waals surface area contributed by atoms with Crippen LogP contribution in [0.5, 0.6) is 0 Å². The summed E-state index contributed by atoms with van der Waals surface area (Å²) in [6.07, 6.45) is 1.76. The Kier molecular flexibility index (Phi) is 3.12. The van der Waals surface area contributed by atoms with Crippen molar-refractivity contribution in [1.82, 2.24) is 4.98 Å². The highest BCUT2D eigenvalue weighted by Crippen LogP contribution is 2.26. The number of aromatic nitrogens is 1. The summed E-state index contributed by atoms with van der Waals surface area (Å²) >= 11 is 0. The number of nitrogens with two attached hydrogens (primary N) is 2. The van der Waals surface area contributed by atoms with Crippen LogP contribution in [0.4, 0.5) is 5.82 Å². The summed E-state index contributed by atoms with van der Waals surface area (Å²) in [5, 5.41) is 2.39. The third kappa shape index (κ3) is 2.24. The van der Waals surface area contributed by atoms with Crippen molar-refractivity contribution in [3.05, 3.63) is 71.4 Å². The Morgan fingerprint density at radius 3 is 2.55 bits per heavy atom. The number of hydrogen-bond acceptors (Lipinski definition) is 3. The largest absolute Gasteiger partial charge is 0.383 e. The molecule has 3 rings (SSSR count). The molecular weight excluding hydrogens is 246 g/mol. The molecule has 1 atom stereocenters. The number of benzene rings is 2. The van der Waals surface area contributed by atoms with E-state index in [4.69, 9.17) is 11.5 Å². The van der Waals surface area contributed by atoms with Crippen LogP contribution in [0.3, 0.4) is 0 Å². The lowest BCUT2D eigenvalue weighted by molar-refractivity contribution is 0.867. The van der Waals surface area contributed by atoms with E-state index in [-0.39, 0.29) is 6.04 Å². The van der Waals surface area contributed by atoms with E-state index in [1.807, 2.05) is 25.1 Å². The molecule has 0 aliphatic rings. The van der Waals surface area contributed by atoms with Crippen molar-refractivity contribution < 1.29 is 0 Å². The maximum Gasteiger partial charge on any atom is 0.128 e. The average molecular weight is 263 g/mol. The molecule has 0 amide bonds. The molecule has 0 spiro atoms. The fourth-order valence-corrected chi connectivity index (χ4v) is 2.43. The molecule has 3 aromatic rings. The van der Waals surface area contributed by atoms with E-state index >= 15 is 0 Å². The van der Waals surface area contributed by atoms with Crippen LogP contribution in [0.1, 0.15) is 22.7 Å². The predicted octanol–water partition coefficient (Wildman–Crippen LogP) is 3.17. The van der Waals surface area contributed by atoms with Crippen molar-refractivity contribution >= 4 is 16.6 Å². The van der Waals surface area contributed by atoms with Gasteiger partial charge in [-0.2, -0.15) is 0 Å². The van der Waals surface area contributed by atoms with Crippen molar-refractivity contribution in [2.75, 3.05) is 5.73 Å². The molecular formula is C17H17N3. The summed E-state index contributed by atoms with van der Waals surface area (Å²) in [6, 6.07) is 16.2. The van der Waals surface area contributed by atoms with Crippen molar-refractivity contribution in [3.63, 3.8) is 0 Å². The second-order valence-electron chi connectivity index (χ2n) is 5.07. The fourth-order valence-electron chi connectivity index (χ4n) is 2.43. The molecule has 1 heterocycles. The van der Waals surface area contributed by atoms with Gasteiger partial charge in [0.2, 0.25) is 0 Å². The van der Waals surface area contributed by atoms with Gasteiger partial charge >= 0.3 is 0 Å². The smallest absolute Gasteiger partial charge is 0.128 e. The summed E-state index contributed by atoms with van der Waals surface area (Å²) in [5.41, 5.74) is 15.3. The van der Waals surface area contributed by atoms with Crippen LogP contribution in [0.25, 0.3) is 10.8 Å². The number of hydrogen-bond donors (Lipinski definition) is 2. The SMILES string of the molecule is Cc1cnc(N)c(C(N)c2ccc3ccccc3c2)c1. The van der Waals surface area contributed by atoms with Gasteiger partial charge in [-0.25, -0.2) is 4.98 Å². The molecule has 3 nitrogen and oxygen atoms in total. The Labute approximate surface area is 118 Å². The molecule has 1 unspecified atom stereocenters. The number of anilines is 1. The number of nitrogens with zero attached hydrogens (tertiary/aromatic N) is 1. The quantitative estimate of drug-likeness (QED) is 0.746. The first kappa shape index (κ1) is 12.6. The second-order valence-corrected chi connectivity index (χ2v) is 5.07. The minimum absolute atomic E-state index is 0.257. The number of rotatable bonds is 2. The summed E-state index contributed by atoms with van der Waals surface area (Å²) in [4.78, 5) is 4.19. The Morgan fingerprint density at radius 1 is 1.00 bits per heavy atom. The molecule has 0 aliphatic carbocycles. The molecule has 0 bridgehead atoms. The maximum atomic E-state index is 6.36. The van der Waals surface area contributed by atoms with Crippen LogP contribution < -0.4 is 11.5 Å². The maximum absolute atomic E-state index is 6.36. The highest BCUT2D eigenvalue weighted by Gasteiger charge is 2.13. The first-order chi connectivity index (χ1) is 9.65. The first-order valence-electron chi connectivity index (χ1n) is 6.61. The lowest BCUT2D eigenvalue weighted by atomic mass is 9.96. The van der Waals surface area contributed by atoms with Crippen LogP contribution >= 0.6 is 0 Å². The van der Waals surface area contributed by atoms with E-state index in [1.54, 1.807) is 6.20 Å². The third-order valence-corrected chi connectivity index (χ3v) is 3.55. The van der Waals surface area contributed by atoms with Gasteiger partial charge in [-0.1, -0.05) is 36.4 Å². The van der Waals surface area contributed by atoms with Gasteiger partial charge in [0.1, 0.15) is 5.82 Å². The molecule has 3 heteroatoms. The zero-order valence-corrected chi connectivity index (χ0v) is 11.4. The number of nitrogen functional groups attached to an aromatic ring is 1.